The summed E-state index contributed by atoms with van der Waals surface area (Å²) in [7, 11) is 0. The van der Waals surface area contributed by atoms with E-state index in [-0.39, 0.29) is 5.75 Å². The monoisotopic (exact) mass is 250 g/mol. The summed E-state index contributed by atoms with van der Waals surface area (Å²) in [5.41, 5.74) is 4.25. The van der Waals surface area contributed by atoms with Gasteiger partial charge in [0.1, 0.15) is 5.75 Å². The van der Waals surface area contributed by atoms with Gasteiger partial charge in [-0.2, -0.15) is 0 Å². The zero-order valence-corrected chi connectivity index (χ0v) is 10.5. The second-order valence-electron chi connectivity index (χ2n) is 4.49. The Kier molecular flexibility index (Phi) is 3.11. The van der Waals surface area contributed by atoms with Crippen molar-refractivity contribution in [3.63, 3.8) is 0 Å². The summed E-state index contributed by atoms with van der Waals surface area (Å²) in [4.78, 5) is 8.69. The van der Waals surface area contributed by atoms with Crippen LogP contribution in [0.5, 0.6) is 5.75 Å². The summed E-state index contributed by atoms with van der Waals surface area (Å²) in [5.74, 6) is 0.284. The molecule has 1 aromatic heterocycles. The summed E-state index contributed by atoms with van der Waals surface area (Å²) in [5, 5.41) is 9.50. The van der Waals surface area contributed by atoms with Gasteiger partial charge in [0, 0.05) is 24.5 Å². The van der Waals surface area contributed by atoms with E-state index >= 15 is 0 Å². The Hall–Kier alpha value is -2.42. The number of nitrogens with zero attached hydrogens (tertiary/aromatic N) is 2. The maximum Gasteiger partial charge on any atom is 0.116 e. The number of benzene rings is 1. The van der Waals surface area contributed by atoms with Crippen molar-refractivity contribution >= 4 is 11.8 Å². The van der Waals surface area contributed by atoms with Crippen LogP contribution < -0.4 is 0 Å². The molecule has 0 atom stereocenters. The molecule has 3 rings (SSSR count). The lowest BCUT2D eigenvalue weighted by Gasteiger charge is -2.04. The molecule has 0 aliphatic carbocycles. The average molecular weight is 250 g/mol. The highest BCUT2D eigenvalue weighted by Crippen LogP contribution is 2.22. The van der Waals surface area contributed by atoms with Crippen molar-refractivity contribution in [3.05, 3.63) is 65.5 Å². The van der Waals surface area contributed by atoms with E-state index in [4.69, 9.17) is 0 Å². The molecule has 0 radical (unpaired) electrons. The van der Waals surface area contributed by atoms with Crippen LogP contribution in [0.3, 0.4) is 0 Å². The van der Waals surface area contributed by atoms with Gasteiger partial charge in [0.25, 0.3) is 0 Å². The number of phenols is 1. The molecular formula is C16H14N2O. The standard InChI is InChI=1S/C16H14N2O/c19-15-5-1-3-12(10-15)9-13-6-8-18-16(13)14-4-2-7-17-11-14/h1-5,7,9-11,19H,6,8H2/b13-9+. The lowest BCUT2D eigenvalue weighted by molar-refractivity contribution is 0.475. The third-order valence-corrected chi connectivity index (χ3v) is 3.10. The molecule has 1 aromatic carbocycles. The van der Waals surface area contributed by atoms with Crippen LogP contribution in [0.25, 0.3) is 6.08 Å². The van der Waals surface area contributed by atoms with E-state index in [9.17, 15) is 5.11 Å². The van der Waals surface area contributed by atoms with Gasteiger partial charge in [-0.25, -0.2) is 0 Å². The van der Waals surface area contributed by atoms with Gasteiger partial charge in [0.2, 0.25) is 0 Å². The zero-order valence-electron chi connectivity index (χ0n) is 10.5. The van der Waals surface area contributed by atoms with Gasteiger partial charge in [0.05, 0.1) is 5.71 Å². The molecule has 1 aliphatic heterocycles. The third kappa shape index (κ3) is 2.55. The second kappa shape index (κ2) is 5.06. The third-order valence-electron chi connectivity index (χ3n) is 3.10. The summed E-state index contributed by atoms with van der Waals surface area (Å²) < 4.78 is 0. The van der Waals surface area contributed by atoms with E-state index in [1.165, 1.54) is 5.57 Å². The van der Waals surface area contributed by atoms with Crippen LogP contribution in [0, 0.1) is 0 Å². The molecule has 94 valence electrons. The molecule has 0 amide bonds. The Balaban J connectivity index is 1.95. The minimum absolute atomic E-state index is 0.284. The van der Waals surface area contributed by atoms with Crippen LogP contribution in [0.15, 0.2) is 59.4 Å². The van der Waals surface area contributed by atoms with E-state index < -0.39 is 0 Å². The number of aromatic nitrogens is 1. The molecule has 0 spiro atoms. The highest BCUT2D eigenvalue weighted by Gasteiger charge is 2.15. The van der Waals surface area contributed by atoms with Gasteiger partial charge in [-0.05, 0) is 47.9 Å². The fourth-order valence-corrected chi connectivity index (χ4v) is 2.24. The maximum absolute atomic E-state index is 9.50. The summed E-state index contributed by atoms with van der Waals surface area (Å²) in [6.07, 6.45) is 6.61. The van der Waals surface area contributed by atoms with Gasteiger partial charge < -0.3 is 5.11 Å². The van der Waals surface area contributed by atoms with Crippen molar-refractivity contribution in [2.75, 3.05) is 6.54 Å². The van der Waals surface area contributed by atoms with Crippen LogP contribution in [0.1, 0.15) is 17.5 Å². The first kappa shape index (κ1) is 11.7. The molecule has 1 N–H and O–H groups in total. The topological polar surface area (TPSA) is 45.5 Å². The van der Waals surface area contributed by atoms with E-state index in [0.29, 0.717) is 0 Å². The molecule has 1 aliphatic rings. The number of pyridine rings is 1. The molecule has 0 saturated carbocycles. The highest BCUT2D eigenvalue weighted by molar-refractivity contribution is 6.15. The van der Waals surface area contributed by atoms with E-state index in [1.807, 2.05) is 30.5 Å². The predicted octanol–water partition coefficient (Wildman–Crippen LogP) is 3.06. The number of aromatic hydroxyl groups is 1. The first-order valence-corrected chi connectivity index (χ1v) is 6.28. The van der Waals surface area contributed by atoms with Crippen molar-refractivity contribution in [1.82, 2.24) is 4.98 Å². The first-order valence-electron chi connectivity index (χ1n) is 6.28. The SMILES string of the molecule is Oc1cccc(/C=C2\CCN=C2c2cccnc2)c1. The van der Waals surface area contributed by atoms with Crippen LogP contribution in [0.4, 0.5) is 0 Å². The maximum atomic E-state index is 9.50. The molecule has 0 bridgehead atoms. The van der Waals surface area contributed by atoms with E-state index in [1.54, 1.807) is 18.3 Å². The Labute approximate surface area is 112 Å². The first-order chi connectivity index (χ1) is 9.33. The van der Waals surface area contributed by atoms with E-state index in [2.05, 4.69) is 16.1 Å². The summed E-state index contributed by atoms with van der Waals surface area (Å²) >= 11 is 0. The van der Waals surface area contributed by atoms with Crippen molar-refractivity contribution in [3.8, 4) is 5.75 Å². The molecule has 0 saturated heterocycles. The molecule has 19 heavy (non-hydrogen) atoms. The van der Waals surface area contributed by atoms with Crippen LogP contribution >= 0.6 is 0 Å². The highest BCUT2D eigenvalue weighted by atomic mass is 16.3. The fourth-order valence-electron chi connectivity index (χ4n) is 2.24. The second-order valence-corrected chi connectivity index (χ2v) is 4.49. The molecule has 0 fully saturated rings. The van der Waals surface area contributed by atoms with Gasteiger partial charge in [0.15, 0.2) is 0 Å². The quantitative estimate of drug-likeness (QED) is 0.890. The minimum Gasteiger partial charge on any atom is -0.508 e. The summed E-state index contributed by atoms with van der Waals surface area (Å²) in [6.45, 7) is 0.814. The Morgan fingerprint density at radius 3 is 2.89 bits per heavy atom. The van der Waals surface area contributed by atoms with Gasteiger partial charge in [-0.1, -0.05) is 12.1 Å². The number of hydrogen-bond donors (Lipinski definition) is 1. The Morgan fingerprint density at radius 1 is 1.16 bits per heavy atom. The van der Waals surface area contributed by atoms with Gasteiger partial charge in [-0.15, -0.1) is 0 Å². The number of hydrogen-bond acceptors (Lipinski definition) is 3. The normalized spacial score (nSPS) is 16.6. The molecule has 2 heterocycles. The summed E-state index contributed by atoms with van der Waals surface area (Å²) in [6, 6.07) is 11.2. The predicted molar refractivity (Wildman–Crippen MR) is 76.3 cm³/mol. The fraction of sp³-hybridized carbons (Fsp3) is 0.125. The lowest BCUT2D eigenvalue weighted by atomic mass is 10.0. The van der Waals surface area contributed by atoms with Gasteiger partial charge in [-0.3, -0.25) is 9.98 Å². The number of phenolic OH excluding ortho intramolecular Hbond substituents is 1. The van der Waals surface area contributed by atoms with Crippen molar-refractivity contribution in [2.24, 2.45) is 4.99 Å². The van der Waals surface area contributed by atoms with Gasteiger partial charge >= 0.3 is 0 Å². The largest absolute Gasteiger partial charge is 0.508 e. The average Bonchev–Trinajstić information content (AvgIpc) is 2.88. The lowest BCUT2D eigenvalue weighted by Crippen LogP contribution is -2.00. The number of rotatable bonds is 2. The van der Waals surface area contributed by atoms with Crippen molar-refractivity contribution < 1.29 is 5.11 Å². The zero-order chi connectivity index (χ0) is 13.1. The Bertz CT molecular complexity index is 645. The van der Waals surface area contributed by atoms with Crippen LogP contribution in [0.2, 0.25) is 0 Å². The molecule has 0 unspecified atom stereocenters. The minimum atomic E-state index is 0.284. The molecular weight excluding hydrogens is 236 g/mol. The molecule has 3 heteroatoms. The molecule has 3 nitrogen and oxygen atoms in total. The van der Waals surface area contributed by atoms with Crippen molar-refractivity contribution in [2.45, 2.75) is 6.42 Å². The Morgan fingerprint density at radius 2 is 2.11 bits per heavy atom. The van der Waals surface area contributed by atoms with Crippen LogP contribution in [-0.4, -0.2) is 22.3 Å². The molecule has 2 aromatic rings. The number of aliphatic imine (C=N–C) groups is 1. The van der Waals surface area contributed by atoms with E-state index in [0.717, 1.165) is 29.8 Å². The van der Waals surface area contributed by atoms with Crippen molar-refractivity contribution in [1.29, 1.82) is 0 Å². The van der Waals surface area contributed by atoms with Crippen LogP contribution in [-0.2, 0) is 0 Å². The smallest absolute Gasteiger partial charge is 0.116 e.